The molecular formula is C15H11Br2F3O. The van der Waals surface area contributed by atoms with E-state index in [0.717, 1.165) is 22.2 Å². The van der Waals surface area contributed by atoms with Crippen molar-refractivity contribution in [1.29, 1.82) is 0 Å². The van der Waals surface area contributed by atoms with Crippen LogP contribution in [0.1, 0.15) is 28.4 Å². The normalized spacial score (nSPS) is 13.3. The average molecular weight is 424 g/mol. The number of hydrogen-bond donors (Lipinski definition) is 1. The van der Waals surface area contributed by atoms with Gasteiger partial charge in [-0.05, 0) is 42.3 Å². The van der Waals surface area contributed by atoms with Crippen molar-refractivity contribution in [2.75, 3.05) is 0 Å². The number of rotatable bonds is 2. The summed E-state index contributed by atoms with van der Waals surface area (Å²) in [4.78, 5) is 0. The summed E-state index contributed by atoms with van der Waals surface area (Å²) in [6, 6.07) is 8.10. The van der Waals surface area contributed by atoms with Crippen LogP contribution in [0.2, 0.25) is 0 Å². The van der Waals surface area contributed by atoms with Crippen LogP contribution >= 0.6 is 31.9 Å². The molecule has 1 N–H and O–H groups in total. The van der Waals surface area contributed by atoms with E-state index in [1.807, 2.05) is 13.0 Å². The smallest absolute Gasteiger partial charge is 0.384 e. The highest BCUT2D eigenvalue weighted by molar-refractivity contribution is 9.11. The van der Waals surface area contributed by atoms with E-state index in [9.17, 15) is 18.3 Å². The lowest BCUT2D eigenvalue weighted by Crippen LogP contribution is -2.06. The topological polar surface area (TPSA) is 20.2 Å². The molecule has 0 saturated heterocycles. The Morgan fingerprint density at radius 3 is 2.10 bits per heavy atom. The molecule has 0 fully saturated rings. The van der Waals surface area contributed by atoms with Crippen LogP contribution in [0.25, 0.3) is 0 Å². The van der Waals surface area contributed by atoms with Gasteiger partial charge in [0.1, 0.15) is 6.10 Å². The molecule has 112 valence electrons. The monoisotopic (exact) mass is 422 g/mol. The van der Waals surface area contributed by atoms with E-state index in [1.54, 1.807) is 6.07 Å². The van der Waals surface area contributed by atoms with Crippen molar-refractivity contribution >= 4 is 31.9 Å². The molecular weight excluding hydrogens is 413 g/mol. The lowest BCUT2D eigenvalue weighted by Gasteiger charge is -2.16. The van der Waals surface area contributed by atoms with E-state index < -0.39 is 17.8 Å². The molecule has 0 heterocycles. The molecule has 0 saturated carbocycles. The molecule has 0 aliphatic carbocycles. The van der Waals surface area contributed by atoms with Crippen molar-refractivity contribution < 1.29 is 18.3 Å². The molecule has 0 amide bonds. The molecule has 2 aromatic carbocycles. The number of benzene rings is 2. The highest BCUT2D eigenvalue weighted by Gasteiger charge is 2.30. The lowest BCUT2D eigenvalue weighted by atomic mass is 9.99. The van der Waals surface area contributed by atoms with Gasteiger partial charge < -0.3 is 5.11 Å². The quantitative estimate of drug-likeness (QED) is 0.664. The summed E-state index contributed by atoms with van der Waals surface area (Å²) in [6.07, 6.45) is -5.38. The third-order valence-electron chi connectivity index (χ3n) is 3.13. The zero-order chi connectivity index (χ0) is 15.8. The summed E-state index contributed by atoms with van der Waals surface area (Å²) >= 11 is 6.74. The molecule has 1 nitrogen and oxygen atoms in total. The molecule has 0 aliphatic rings. The second-order valence-electron chi connectivity index (χ2n) is 4.65. The van der Waals surface area contributed by atoms with Gasteiger partial charge in [0.15, 0.2) is 0 Å². The highest BCUT2D eigenvalue weighted by Crippen LogP contribution is 2.34. The van der Waals surface area contributed by atoms with E-state index in [-0.39, 0.29) is 0 Å². The number of aryl methyl sites for hydroxylation is 1. The van der Waals surface area contributed by atoms with E-state index in [1.165, 1.54) is 12.1 Å². The molecule has 0 aliphatic heterocycles. The predicted octanol–water partition coefficient (Wildman–Crippen LogP) is 5.62. The number of alkyl halides is 3. The van der Waals surface area contributed by atoms with Gasteiger partial charge in [-0.2, -0.15) is 13.2 Å². The molecule has 0 aromatic heterocycles. The number of halogens is 5. The molecule has 0 bridgehead atoms. The maximum atomic E-state index is 12.5. The van der Waals surface area contributed by atoms with Gasteiger partial charge in [0.05, 0.1) is 5.56 Å². The molecule has 0 spiro atoms. The van der Waals surface area contributed by atoms with Crippen molar-refractivity contribution in [3.8, 4) is 0 Å². The Bertz CT molecular complexity index is 651. The molecule has 6 heteroatoms. The van der Waals surface area contributed by atoms with Gasteiger partial charge in [0.25, 0.3) is 0 Å². The summed E-state index contributed by atoms with van der Waals surface area (Å²) in [5.41, 5.74) is 1.25. The largest absolute Gasteiger partial charge is 0.416 e. The van der Waals surface area contributed by atoms with E-state index in [4.69, 9.17) is 0 Å². The van der Waals surface area contributed by atoms with Crippen molar-refractivity contribution in [2.45, 2.75) is 19.2 Å². The number of aliphatic hydroxyl groups is 1. The molecule has 1 unspecified atom stereocenters. The lowest BCUT2D eigenvalue weighted by molar-refractivity contribution is -0.137. The summed E-state index contributed by atoms with van der Waals surface area (Å²) < 4.78 is 39.1. The first-order valence-electron chi connectivity index (χ1n) is 6.01. The molecule has 21 heavy (non-hydrogen) atoms. The fourth-order valence-electron chi connectivity index (χ4n) is 1.91. The first kappa shape index (κ1) is 16.5. The van der Waals surface area contributed by atoms with Gasteiger partial charge in [-0.25, -0.2) is 0 Å². The maximum absolute atomic E-state index is 12.5. The van der Waals surface area contributed by atoms with Gasteiger partial charge >= 0.3 is 6.18 Å². The van der Waals surface area contributed by atoms with E-state index in [2.05, 4.69) is 31.9 Å². The Morgan fingerprint density at radius 2 is 1.57 bits per heavy atom. The molecule has 2 aromatic rings. The predicted molar refractivity (Wildman–Crippen MR) is 82.1 cm³/mol. The molecule has 2 rings (SSSR count). The summed E-state index contributed by atoms with van der Waals surface area (Å²) in [5.74, 6) is 0. The maximum Gasteiger partial charge on any atom is 0.416 e. The van der Waals surface area contributed by atoms with E-state index >= 15 is 0 Å². The minimum atomic E-state index is -4.38. The first-order valence-corrected chi connectivity index (χ1v) is 7.59. The van der Waals surface area contributed by atoms with Crippen molar-refractivity contribution in [1.82, 2.24) is 0 Å². The van der Waals surface area contributed by atoms with Gasteiger partial charge in [0, 0.05) is 14.5 Å². The van der Waals surface area contributed by atoms with Gasteiger partial charge in [0.2, 0.25) is 0 Å². The zero-order valence-corrected chi connectivity index (χ0v) is 14.1. The first-order chi connectivity index (χ1) is 9.70. The Morgan fingerprint density at radius 1 is 1.00 bits per heavy atom. The minimum absolute atomic E-state index is 0.402. The fraction of sp³-hybridized carbons (Fsp3) is 0.200. The summed E-state index contributed by atoms with van der Waals surface area (Å²) in [5, 5.41) is 10.3. The van der Waals surface area contributed by atoms with Crippen LogP contribution in [0.3, 0.4) is 0 Å². The SMILES string of the molecule is Cc1cc(Br)c(C(O)c2ccc(C(F)(F)F)cc2)cc1Br. The second-order valence-corrected chi connectivity index (χ2v) is 6.35. The second kappa shape index (κ2) is 6.10. The van der Waals surface area contributed by atoms with Crippen LogP contribution < -0.4 is 0 Å². The summed E-state index contributed by atoms with van der Waals surface area (Å²) in [7, 11) is 0. The Labute approximate surface area is 137 Å². The zero-order valence-electron chi connectivity index (χ0n) is 10.9. The van der Waals surface area contributed by atoms with Gasteiger partial charge in [-0.3, -0.25) is 0 Å². The third-order valence-corrected chi connectivity index (χ3v) is 4.67. The van der Waals surface area contributed by atoms with Crippen LogP contribution in [0.4, 0.5) is 13.2 Å². The van der Waals surface area contributed by atoms with Crippen LogP contribution in [0.15, 0.2) is 45.3 Å². The van der Waals surface area contributed by atoms with Crippen LogP contribution in [0, 0.1) is 6.92 Å². The van der Waals surface area contributed by atoms with Crippen molar-refractivity contribution in [2.24, 2.45) is 0 Å². The van der Waals surface area contributed by atoms with Crippen LogP contribution in [-0.4, -0.2) is 5.11 Å². The molecule has 1 atom stereocenters. The number of hydrogen-bond acceptors (Lipinski definition) is 1. The standard InChI is InChI=1S/C15H11Br2F3O/c1-8-6-13(17)11(7-12(8)16)14(21)9-2-4-10(5-3-9)15(18,19)20/h2-7,14,21H,1H3. The van der Waals surface area contributed by atoms with Crippen molar-refractivity contribution in [3.05, 3.63) is 67.6 Å². The number of aliphatic hydroxyl groups excluding tert-OH is 1. The average Bonchev–Trinajstić information content (AvgIpc) is 2.41. The molecule has 0 radical (unpaired) electrons. The Kier molecular flexibility index (Phi) is 4.80. The third kappa shape index (κ3) is 3.67. The summed E-state index contributed by atoms with van der Waals surface area (Å²) in [6.45, 7) is 1.91. The van der Waals surface area contributed by atoms with Crippen LogP contribution in [-0.2, 0) is 6.18 Å². The van der Waals surface area contributed by atoms with E-state index in [0.29, 0.717) is 15.6 Å². The Hall–Kier alpha value is -0.850. The highest BCUT2D eigenvalue weighted by atomic mass is 79.9. The minimum Gasteiger partial charge on any atom is -0.384 e. The fourth-order valence-corrected chi connectivity index (χ4v) is 2.94. The Balaban J connectivity index is 2.36. The van der Waals surface area contributed by atoms with Crippen molar-refractivity contribution in [3.63, 3.8) is 0 Å². The van der Waals surface area contributed by atoms with Crippen LogP contribution in [0.5, 0.6) is 0 Å². The van der Waals surface area contributed by atoms with Gasteiger partial charge in [-0.15, -0.1) is 0 Å². The van der Waals surface area contributed by atoms with Gasteiger partial charge in [-0.1, -0.05) is 44.0 Å².